The first-order valence-corrected chi connectivity index (χ1v) is 7.36. The second kappa shape index (κ2) is 7.82. The molecule has 2 aromatic carbocycles. The third-order valence-electron chi connectivity index (χ3n) is 3.21. The van der Waals surface area contributed by atoms with Crippen molar-refractivity contribution in [3.05, 3.63) is 70.4 Å². The largest absolute Gasteiger partial charge is 0.360 e. The molecule has 118 valence electrons. The first kappa shape index (κ1) is 17.1. The Balaban J connectivity index is 2.12. The zero-order chi connectivity index (χ0) is 17.5. The minimum absolute atomic E-state index is 0.0845. The molecule has 0 aliphatic rings. The van der Waals surface area contributed by atoms with Gasteiger partial charge in [-0.1, -0.05) is 17.7 Å². The molecule has 5 nitrogen and oxygen atoms in total. The van der Waals surface area contributed by atoms with Crippen LogP contribution in [-0.2, 0) is 4.79 Å². The molecule has 0 spiro atoms. The first-order valence-electron chi connectivity index (χ1n) is 6.98. The van der Waals surface area contributed by atoms with Crippen LogP contribution in [0.1, 0.15) is 11.1 Å². The van der Waals surface area contributed by atoms with Gasteiger partial charge in [-0.3, -0.25) is 4.79 Å². The molecule has 2 aromatic rings. The van der Waals surface area contributed by atoms with Gasteiger partial charge < -0.3 is 10.6 Å². The van der Waals surface area contributed by atoms with Crippen molar-refractivity contribution in [1.29, 1.82) is 10.5 Å². The van der Waals surface area contributed by atoms with Gasteiger partial charge >= 0.3 is 0 Å². The number of aryl methyl sites for hydroxylation is 1. The average Bonchev–Trinajstić information content (AvgIpc) is 2.59. The number of benzene rings is 2. The topological polar surface area (TPSA) is 88.7 Å². The van der Waals surface area contributed by atoms with Crippen molar-refractivity contribution < 1.29 is 4.79 Å². The molecule has 6 heteroatoms. The van der Waals surface area contributed by atoms with Gasteiger partial charge in [-0.15, -0.1) is 0 Å². The molecule has 1 amide bonds. The maximum Gasteiger partial charge on any atom is 0.267 e. The predicted octanol–water partition coefficient (Wildman–Crippen LogP) is 3.98. The number of hydrogen-bond donors (Lipinski definition) is 2. The van der Waals surface area contributed by atoms with Crippen LogP contribution in [0.2, 0.25) is 5.02 Å². The van der Waals surface area contributed by atoms with Crippen molar-refractivity contribution in [2.75, 3.05) is 10.6 Å². The van der Waals surface area contributed by atoms with Gasteiger partial charge in [-0.25, -0.2) is 0 Å². The fraction of sp³-hybridized carbons (Fsp3) is 0.0556. The minimum Gasteiger partial charge on any atom is -0.360 e. The van der Waals surface area contributed by atoms with Crippen molar-refractivity contribution in [1.82, 2.24) is 0 Å². The molecule has 0 fully saturated rings. The summed E-state index contributed by atoms with van der Waals surface area (Å²) in [6.45, 7) is 1.83. The molecule has 0 saturated heterocycles. The molecule has 0 aliphatic carbocycles. The number of amides is 1. The number of halogens is 1. The van der Waals surface area contributed by atoms with Crippen LogP contribution in [0, 0.1) is 29.6 Å². The molecule has 2 rings (SSSR count). The molecule has 0 heterocycles. The van der Waals surface area contributed by atoms with Crippen LogP contribution in [0.25, 0.3) is 0 Å². The molecule has 0 aliphatic heterocycles. The molecular formula is C18H13ClN4O. The maximum absolute atomic E-state index is 12.2. The Labute approximate surface area is 144 Å². The number of nitriles is 2. The molecule has 0 aromatic heterocycles. The Bertz CT molecular complexity index is 873. The molecule has 0 bridgehead atoms. The summed E-state index contributed by atoms with van der Waals surface area (Å²) in [6, 6.07) is 15.6. The van der Waals surface area contributed by atoms with Gasteiger partial charge in [0.05, 0.1) is 11.6 Å². The molecule has 0 atom stereocenters. The second-order valence-electron chi connectivity index (χ2n) is 4.92. The SMILES string of the molecule is Cc1ccc(Cl)cc1NC(=O)/C(C#N)=C\Nc1ccc(C#N)cc1. The molecule has 24 heavy (non-hydrogen) atoms. The lowest BCUT2D eigenvalue weighted by Crippen LogP contribution is -2.15. The summed E-state index contributed by atoms with van der Waals surface area (Å²) >= 11 is 5.91. The van der Waals surface area contributed by atoms with E-state index in [2.05, 4.69) is 10.6 Å². The summed E-state index contributed by atoms with van der Waals surface area (Å²) < 4.78 is 0. The predicted molar refractivity (Wildman–Crippen MR) is 93.3 cm³/mol. The summed E-state index contributed by atoms with van der Waals surface area (Å²) in [5, 5.41) is 23.9. The monoisotopic (exact) mass is 336 g/mol. The van der Waals surface area contributed by atoms with Crippen molar-refractivity contribution >= 4 is 28.9 Å². The Kier molecular flexibility index (Phi) is 5.57. The highest BCUT2D eigenvalue weighted by Crippen LogP contribution is 2.20. The molecular weight excluding hydrogens is 324 g/mol. The van der Waals surface area contributed by atoms with Gasteiger partial charge in [0.2, 0.25) is 0 Å². The van der Waals surface area contributed by atoms with Crippen molar-refractivity contribution in [3.63, 3.8) is 0 Å². The van der Waals surface area contributed by atoms with Gasteiger partial charge in [0, 0.05) is 22.6 Å². The quantitative estimate of drug-likeness (QED) is 0.653. The van der Waals surface area contributed by atoms with E-state index in [9.17, 15) is 10.1 Å². The van der Waals surface area contributed by atoms with E-state index in [4.69, 9.17) is 16.9 Å². The lowest BCUT2D eigenvalue weighted by molar-refractivity contribution is -0.112. The Morgan fingerprint density at radius 2 is 1.88 bits per heavy atom. The standard InChI is InChI=1S/C18H13ClN4O/c1-12-2-5-15(19)8-17(12)23-18(24)14(10-21)11-22-16-6-3-13(9-20)4-7-16/h2-8,11,22H,1H3,(H,23,24)/b14-11-. The maximum atomic E-state index is 12.2. The van der Waals surface area contributed by atoms with Crippen molar-refractivity contribution in [3.8, 4) is 12.1 Å². The number of anilines is 2. The molecule has 0 saturated carbocycles. The summed E-state index contributed by atoms with van der Waals surface area (Å²) in [5.41, 5.74) is 2.49. The number of hydrogen-bond acceptors (Lipinski definition) is 4. The van der Waals surface area contributed by atoms with E-state index in [1.165, 1.54) is 6.20 Å². The van der Waals surface area contributed by atoms with Gasteiger partial charge in [0.1, 0.15) is 11.6 Å². The van der Waals surface area contributed by atoms with Crippen LogP contribution in [0.5, 0.6) is 0 Å². The zero-order valence-electron chi connectivity index (χ0n) is 12.8. The van der Waals surface area contributed by atoms with Gasteiger partial charge in [0.15, 0.2) is 0 Å². The average molecular weight is 337 g/mol. The second-order valence-corrected chi connectivity index (χ2v) is 5.35. The van der Waals surface area contributed by atoms with Gasteiger partial charge in [-0.2, -0.15) is 10.5 Å². The van der Waals surface area contributed by atoms with Crippen LogP contribution in [0.4, 0.5) is 11.4 Å². The highest BCUT2D eigenvalue weighted by molar-refractivity contribution is 6.31. The van der Waals surface area contributed by atoms with E-state index in [0.717, 1.165) is 5.56 Å². The summed E-state index contributed by atoms with van der Waals surface area (Å²) in [6.07, 6.45) is 1.32. The van der Waals surface area contributed by atoms with Crippen LogP contribution in [-0.4, -0.2) is 5.91 Å². The van der Waals surface area contributed by atoms with E-state index in [1.807, 2.05) is 19.1 Å². The number of carbonyl (C=O) groups is 1. The van der Waals surface area contributed by atoms with E-state index < -0.39 is 5.91 Å². The van der Waals surface area contributed by atoms with Gasteiger partial charge in [-0.05, 0) is 48.9 Å². The first-order chi connectivity index (χ1) is 11.5. The number of nitrogens with one attached hydrogen (secondary N) is 2. The summed E-state index contributed by atoms with van der Waals surface area (Å²) in [5.74, 6) is -0.538. The van der Waals surface area contributed by atoms with Crippen molar-refractivity contribution in [2.24, 2.45) is 0 Å². The number of carbonyl (C=O) groups excluding carboxylic acids is 1. The molecule has 0 radical (unpaired) electrons. The fourth-order valence-corrected chi connectivity index (χ4v) is 2.04. The Morgan fingerprint density at radius 1 is 1.17 bits per heavy atom. The fourth-order valence-electron chi connectivity index (χ4n) is 1.86. The van der Waals surface area contributed by atoms with Crippen LogP contribution < -0.4 is 10.6 Å². The lowest BCUT2D eigenvalue weighted by Gasteiger charge is -2.08. The van der Waals surface area contributed by atoms with E-state index >= 15 is 0 Å². The molecule has 0 unspecified atom stereocenters. The van der Waals surface area contributed by atoms with E-state index in [0.29, 0.717) is 22.0 Å². The third kappa shape index (κ3) is 4.36. The van der Waals surface area contributed by atoms with Gasteiger partial charge in [0.25, 0.3) is 5.91 Å². The Hall–Kier alpha value is -3.28. The lowest BCUT2D eigenvalue weighted by atomic mass is 10.2. The van der Waals surface area contributed by atoms with E-state index in [-0.39, 0.29) is 5.57 Å². The highest BCUT2D eigenvalue weighted by atomic mass is 35.5. The summed E-state index contributed by atoms with van der Waals surface area (Å²) in [4.78, 5) is 12.2. The number of rotatable bonds is 4. The smallest absolute Gasteiger partial charge is 0.267 e. The van der Waals surface area contributed by atoms with Crippen LogP contribution >= 0.6 is 11.6 Å². The highest BCUT2D eigenvalue weighted by Gasteiger charge is 2.11. The van der Waals surface area contributed by atoms with E-state index in [1.54, 1.807) is 42.5 Å². The molecule has 2 N–H and O–H groups in total. The summed E-state index contributed by atoms with van der Waals surface area (Å²) in [7, 11) is 0. The zero-order valence-corrected chi connectivity index (χ0v) is 13.6. The van der Waals surface area contributed by atoms with Crippen LogP contribution in [0.3, 0.4) is 0 Å². The van der Waals surface area contributed by atoms with Crippen molar-refractivity contribution in [2.45, 2.75) is 6.92 Å². The number of nitrogens with zero attached hydrogens (tertiary/aromatic N) is 2. The Morgan fingerprint density at radius 3 is 2.50 bits per heavy atom. The van der Waals surface area contributed by atoms with Crippen LogP contribution in [0.15, 0.2) is 54.2 Å². The third-order valence-corrected chi connectivity index (χ3v) is 3.45. The normalized spacial score (nSPS) is 10.4. The minimum atomic E-state index is -0.538.